The van der Waals surface area contributed by atoms with Crippen molar-refractivity contribution in [3.05, 3.63) is 35.4 Å². The highest BCUT2D eigenvalue weighted by molar-refractivity contribution is 5.27. The van der Waals surface area contributed by atoms with Crippen LogP contribution in [0.1, 0.15) is 38.3 Å². The van der Waals surface area contributed by atoms with Crippen molar-refractivity contribution in [1.82, 2.24) is 5.43 Å². The first-order chi connectivity index (χ1) is 9.82. The Kier molecular flexibility index (Phi) is 7.22. The van der Waals surface area contributed by atoms with Gasteiger partial charge in [-0.2, -0.15) is 0 Å². The highest BCUT2D eigenvalue weighted by Crippen LogP contribution is 2.22. The van der Waals surface area contributed by atoms with Gasteiger partial charge in [0.2, 0.25) is 0 Å². The molecule has 0 aromatic heterocycles. The molecule has 0 aliphatic heterocycles. The molecule has 1 rings (SSSR count). The van der Waals surface area contributed by atoms with E-state index in [1.807, 2.05) is 0 Å². The van der Waals surface area contributed by atoms with Crippen molar-refractivity contribution in [3.8, 4) is 0 Å². The second-order valence-corrected chi connectivity index (χ2v) is 6.27. The third kappa shape index (κ3) is 6.98. The molecule has 0 bridgehead atoms. The third-order valence-electron chi connectivity index (χ3n) is 3.39. The average molecular weight is 300 g/mol. The Hall–Kier alpha value is -1.04. The lowest BCUT2D eigenvalue weighted by atomic mass is 9.86. The van der Waals surface area contributed by atoms with E-state index >= 15 is 0 Å². The molecule has 120 valence electrons. The monoisotopic (exact) mass is 300 g/mol. The molecule has 21 heavy (non-hydrogen) atoms. The lowest BCUT2D eigenvalue weighted by molar-refractivity contribution is 0.0144. The van der Waals surface area contributed by atoms with E-state index in [-0.39, 0.29) is 18.1 Å². The molecular formula is C16H26F2N2O. The maximum absolute atomic E-state index is 12.0. The molecule has 1 atom stereocenters. The highest BCUT2D eigenvalue weighted by atomic mass is 19.3. The van der Waals surface area contributed by atoms with Crippen LogP contribution in [0.25, 0.3) is 0 Å². The lowest BCUT2D eigenvalue weighted by Crippen LogP contribution is -2.37. The van der Waals surface area contributed by atoms with Gasteiger partial charge in [0.15, 0.2) is 0 Å². The zero-order valence-electron chi connectivity index (χ0n) is 13.0. The molecule has 0 amide bonds. The summed E-state index contributed by atoms with van der Waals surface area (Å²) in [6.45, 7) is 6.28. The van der Waals surface area contributed by atoms with Crippen molar-refractivity contribution >= 4 is 0 Å². The van der Waals surface area contributed by atoms with Gasteiger partial charge in [-0.3, -0.25) is 11.3 Å². The van der Waals surface area contributed by atoms with Crippen molar-refractivity contribution in [3.63, 3.8) is 0 Å². The van der Waals surface area contributed by atoms with Crippen molar-refractivity contribution in [2.45, 2.75) is 51.5 Å². The molecule has 0 saturated heterocycles. The largest absolute Gasteiger partial charge is 0.375 e. The Labute approximate surface area is 125 Å². The van der Waals surface area contributed by atoms with Gasteiger partial charge in [-0.1, -0.05) is 45.0 Å². The normalized spacial score (nSPS) is 13.7. The first kappa shape index (κ1) is 18.0. The Bertz CT molecular complexity index is 402. The number of hydrazine groups is 1. The summed E-state index contributed by atoms with van der Waals surface area (Å²) in [6.07, 6.45) is -1.07. The quantitative estimate of drug-likeness (QED) is 0.441. The molecule has 1 aromatic carbocycles. The van der Waals surface area contributed by atoms with E-state index in [9.17, 15) is 8.78 Å². The van der Waals surface area contributed by atoms with Gasteiger partial charge < -0.3 is 4.74 Å². The molecule has 3 N–H and O–H groups in total. The minimum atomic E-state index is -2.42. The minimum Gasteiger partial charge on any atom is -0.375 e. The number of nitrogens with one attached hydrogen (secondary N) is 1. The van der Waals surface area contributed by atoms with Crippen LogP contribution in [0.5, 0.6) is 0 Å². The lowest BCUT2D eigenvalue weighted by Gasteiger charge is -2.20. The molecule has 0 aliphatic rings. The molecule has 0 heterocycles. The van der Waals surface area contributed by atoms with Crippen molar-refractivity contribution in [1.29, 1.82) is 0 Å². The Morgan fingerprint density at radius 1 is 1.19 bits per heavy atom. The second kappa shape index (κ2) is 8.41. The molecule has 0 spiro atoms. The summed E-state index contributed by atoms with van der Waals surface area (Å²) in [5.41, 5.74) is 5.30. The van der Waals surface area contributed by atoms with E-state index in [1.165, 1.54) is 11.1 Å². The molecule has 3 nitrogen and oxygen atoms in total. The first-order valence-electron chi connectivity index (χ1n) is 7.24. The predicted molar refractivity (Wildman–Crippen MR) is 81.4 cm³/mol. The fourth-order valence-electron chi connectivity index (χ4n) is 2.07. The van der Waals surface area contributed by atoms with E-state index in [0.717, 1.165) is 6.42 Å². The maximum Gasteiger partial charge on any atom is 0.261 e. The van der Waals surface area contributed by atoms with E-state index in [4.69, 9.17) is 10.6 Å². The van der Waals surface area contributed by atoms with Crippen LogP contribution < -0.4 is 11.3 Å². The smallest absolute Gasteiger partial charge is 0.261 e. The van der Waals surface area contributed by atoms with E-state index in [1.54, 1.807) is 0 Å². The van der Waals surface area contributed by atoms with Crippen LogP contribution in [0.2, 0.25) is 0 Å². The zero-order chi connectivity index (χ0) is 15.9. The summed E-state index contributed by atoms with van der Waals surface area (Å²) < 4.78 is 28.8. The Morgan fingerprint density at radius 3 is 2.29 bits per heavy atom. The molecule has 5 heteroatoms. The maximum atomic E-state index is 12.0. The van der Waals surface area contributed by atoms with Crippen LogP contribution in [0.3, 0.4) is 0 Å². The number of halogens is 2. The minimum absolute atomic E-state index is 0.0168. The molecule has 0 fully saturated rings. The number of benzene rings is 1. The van der Waals surface area contributed by atoms with Gasteiger partial charge in [-0.25, -0.2) is 8.78 Å². The second-order valence-electron chi connectivity index (χ2n) is 6.27. The standard InChI is InChI=1S/C16H26F2N2O/c1-16(2,3)13-6-4-12(5-7-13)10-14(20-19)8-9-21-11-15(17)18/h4-7,14-15,20H,8-11,19H2,1-3H3. The Balaban J connectivity index is 2.46. The molecule has 0 aliphatic carbocycles. The summed E-state index contributed by atoms with van der Waals surface area (Å²) in [6, 6.07) is 8.44. The molecule has 1 unspecified atom stereocenters. The number of nitrogens with two attached hydrogens (primary N) is 1. The van der Waals surface area contributed by atoms with Crippen LogP contribution in [-0.2, 0) is 16.6 Å². The van der Waals surface area contributed by atoms with Crippen molar-refractivity contribution in [2.24, 2.45) is 5.84 Å². The van der Waals surface area contributed by atoms with Crippen LogP contribution in [0.4, 0.5) is 8.78 Å². The molecular weight excluding hydrogens is 274 g/mol. The number of ether oxygens (including phenoxy) is 1. The van der Waals surface area contributed by atoms with Gasteiger partial charge in [0.05, 0.1) is 0 Å². The van der Waals surface area contributed by atoms with Gasteiger partial charge in [0, 0.05) is 12.6 Å². The first-order valence-corrected chi connectivity index (χ1v) is 7.24. The summed E-state index contributed by atoms with van der Waals surface area (Å²) in [7, 11) is 0. The third-order valence-corrected chi connectivity index (χ3v) is 3.39. The number of hydrogen-bond donors (Lipinski definition) is 2. The number of hydrogen-bond acceptors (Lipinski definition) is 3. The van der Waals surface area contributed by atoms with Crippen LogP contribution in [0.15, 0.2) is 24.3 Å². The molecule has 1 aromatic rings. The van der Waals surface area contributed by atoms with Gasteiger partial charge in [0.1, 0.15) is 6.61 Å². The van der Waals surface area contributed by atoms with E-state index in [0.29, 0.717) is 6.42 Å². The summed E-state index contributed by atoms with van der Waals surface area (Å²) >= 11 is 0. The Morgan fingerprint density at radius 2 is 1.81 bits per heavy atom. The zero-order valence-corrected chi connectivity index (χ0v) is 13.0. The van der Waals surface area contributed by atoms with Crippen LogP contribution in [0, 0.1) is 0 Å². The highest BCUT2D eigenvalue weighted by Gasteiger charge is 2.14. The predicted octanol–water partition coefficient (Wildman–Crippen LogP) is 3.03. The topological polar surface area (TPSA) is 47.3 Å². The van der Waals surface area contributed by atoms with Crippen LogP contribution in [-0.4, -0.2) is 25.7 Å². The average Bonchev–Trinajstić information content (AvgIpc) is 2.41. The summed E-state index contributed by atoms with van der Waals surface area (Å²) in [5.74, 6) is 5.51. The van der Waals surface area contributed by atoms with Crippen LogP contribution >= 0.6 is 0 Å². The fraction of sp³-hybridized carbons (Fsp3) is 0.625. The van der Waals surface area contributed by atoms with Gasteiger partial charge in [-0.15, -0.1) is 0 Å². The van der Waals surface area contributed by atoms with Gasteiger partial charge >= 0.3 is 0 Å². The SMILES string of the molecule is CC(C)(C)c1ccc(CC(CCOCC(F)F)NN)cc1. The number of rotatable bonds is 8. The van der Waals surface area contributed by atoms with Crippen molar-refractivity contribution in [2.75, 3.05) is 13.2 Å². The summed E-state index contributed by atoms with van der Waals surface area (Å²) in [5, 5.41) is 0. The summed E-state index contributed by atoms with van der Waals surface area (Å²) in [4.78, 5) is 0. The molecule has 0 saturated carbocycles. The van der Waals surface area contributed by atoms with E-state index < -0.39 is 13.0 Å². The van der Waals surface area contributed by atoms with Gasteiger partial charge in [0.25, 0.3) is 6.43 Å². The van der Waals surface area contributed by atoms with Crippen molar-refractivity contribution < 1.29 is 13.5 Å². The van der Waals surface area contributed by atoms with E-state index in [2.05, 4.69) is 50.5 Å². The number of alkyl halides is 2. The fourth-order valence-corrected chi connectivity index (χ4v) is 2.07. The van der Waals surface area contributed by atoms with Gasteiger partial charge in [-0.05, 0) is 29.4 Å². The molecule has 0 radical (unpaired) electrons.